The zero-order valence-corrected chi connectivity index (χ0v) is 9.90. The second kappa shape index (κ2) is 7.17. The normalized spacial score (nSPS) is 15.4. The van der Waals surface area contributed by atoms with E-state index in [0.29, 0.717) is 0 Å². The van der Waals surface area contributed by atoms with Crippen LogP contribution in [0.25, 0.3) is 0 Å². The summed E-state index contributed by atoms with van der Waals surface area (Å²) in [5, 5.41) is 0. The summed E-state index contributed by atoms with van der Waals surface area (Å²) in [5.41, 5.74) is 1.33. The molecule has 0 nitrogen and oxygen atoms in total. The molecule has 0 aliphatic rings. The molecule has 0 heteroatoms. The van der Waals surface area contributed by atoms with Gasteiger partial charge in [0.15, 0.2) is 0 Å². The van der Waals surface area contributed by atoms with Crippen LogP contribution in [0.1, 0.15) is 59.8 Å². The molecule has 2 atom stereocenters. The Hall–Kier alpha value is -0.260. The molecule has 13 heavy (non-hydrogen) atoms. The molecule has 0 rings (SSSR count). The zero-order chi connectivity index (χ0) is 10.3. The molecule has 0 amide bonds. The molecule has 0 saturated heterocycles. The summed E-state index contributed by atoms with van der Waals surface area (Å²) in [7, 11) is 0. The van der Waals surface area contributed by atoms with Crippen molar-refractivity contribution in [3.8, 4) is 0 Å². The van der Waals surface area contributed by atoms with Crippen LogP contribution in [0.4, 0.5) is 0 Å². The minimum Gasteiger partial charge on any atom is -0.100 e. The van der Waals surface area contributed by atoms with Crippen molar-refractivity contribution in [1.82, 2.24) is 0 Å². The van der Waals surface area contributed by atoms with Gasteiger partial charge in [-0.3, -0.25) is 0 Å². The smallest absolute Gasteiger partial charge is 0.0300 e. The van der Waals surface area contributed by atoms with Gasteiger partial charge < -0.3 is 0 Å². The first-order chi connectivity index (χ1) is 6.06. The maximum absolute atomic E-state index is 3.95. The Morgan fingerprint density at radius 3 is 2.15 bits per heavy atom. The van der Waals surface area contributed by atoms with Crippen molar-refractivity contribution in [2.24, 2.45) is 11.8 Å². The van der Waals surface area contributed by atoms with E-state index in [9.17, 15) is 0 Å². The molecule has 0 bridgehead atoms. The average molecular weight is 182 g/mol. The maximum Gasteiger partial charge on any atom is -0.0300 e. The van der Waals surface area contributed by atoms with Crippen LogP contribution in [0.5, 0.6) is 0 Å². The van der Waals surface area contributed by atoms with Gasteiger partial charge in [-0.15, -0.1) is 6.58 Å². The summed E-state index contributed by atoms with van der Waals surface area (Å²) in [6.45, 7) is 13.1. The summed E-state index contributed by atoms with van der Waals surface area (Å²) >= 11 is 0. The third kappa shape index (κ3) is 8.08. The highest BCUT2D eigenvalue weighted by Gasteiger charge is 2.04. The Morgan fingerprint density at radius 1 is 1.15 bits per heavy atom. The van der Waals surface area contributed by atoms with Gasteiger partial charge in [0.1, 0.15) is 0 Å². The predicted octanol–water partition coefficient (Wildman–Crippen LogP) is 4.81. The SMILES string of the molecule is C=C(C)CC(C)CCCC(C)CC. The highest BCUT2D eigenvalue weighted by Crippen LogP contribution is 2.19. The fourth-order valence-electron chi connectivity index (χ4n) is 1.72. The number of hydrogen-bond donors (Lipinski definition) is 0. The van der Waals surface area contributed by atoms with Crippen molar-refractivity contribution in [2.45, 2.75) is 59.8 Å². The summed E-state index contributed by atoms with van der Waals surface area (Å²) in [4.78, 5) is 0. The van der Waals surface area contributed by atoms with Gasteiger partial charge in [-0.1, -0.05) is 52.0 Å². The van der Waals surface area contributed by atoms with Crippen molar-refractivity contribution in [2.75, 3.05) is 0 Å². The molecule has 0 aromatic rings. The Morgan fingerprint density at radius 2 is 1.69 bits per heavy atom. The largest absolute Gasteiger partial charge is 0.100 e. The zero-order valence-electron chi connectivity index (χ0n) is 9.90. The third-order valence-electron chi connectivity index (χ3n) is 2.79. The van der Waals surface area contributed by atoms with Gasteiger partial charge in [0.05, 0.1) is 0 Å². The monoisotopic (exact) mass is 182 g/mol. The van der Waals surface area contributed by atoms with E-state index in [4.69, 9.17) is 0 Å². The first-order valence-corrected chi connectivity index (χ1v) is 5.70. The van der Waals surface area contributed by atoms with Crippen LogP contribution in [0.2, 0.25) is 0 Å². The van der Waals surface area contributed by atoms with E-state index in [2.05, 4.69) is 34.3 Å². The molecular weight excluding hydrogens is 156 g/mol. The molecule has 0 spiro atoms. The molecular formula is C13H26. The Bertz CT molecular complexity index is 135. The Labute approximate surface area is 84.4 Å². The Kier molecular flexibility index (Phi) is 7.03. The molecule has 0 aromatic heterocycles. The van der Waals surface area contributed by atoms with Crippen molar-refractivity contribution >= 4 is 0 Å². The predicted molar refractivity (Wildman–Crippen MR) is 61.9 cm³/mol. The lowest BCUT2D eigenvalue weighted by Crippen LogP contribution is -1.98. The summed E-state index contributed by atoms with van der Waals surface area (Å²) in [6.07, 6.45) is 6.70. The first-order valence-electron chi connectivity index (χ1n) is 5.70. The van der Waals surface area contributed by atoms with Crippen LogP contribution in [0, 0.1) is 11.8 Å². The van der Waals surface area contributed by atoms with Crippen LogP contribution in [0.15, 0.2) is 12.2 Å². The second-order valence-electron chi connectivity index (χ2n) is 4.71. The minimum absolute atomic E-state index is 0.835. The number of rotatable bonds is 7. The summed E-state index contributed by atoms with van der Waals surface area (Å²) in [6, 6.07) is 0. The second-order valence-corrected chi connectivity index (χ2v) is 4.71. The van der Waals surface area contributed by atoms with Crippen LogP contribution in [-0.2, 0) is 0 Å². The van der Waals surface area contributed by atoms with Crippen LogP contribution < -0.4 is 0 Å². The molecule has 0 aromatic carbocycles. The fourth-order valence-corrected chi connectivity index (χ4v) is 1.72. The van der Waals surface area contributed by atoms with E-state index in [1.807, 2.05) is 0 Å². The van der Waals surface area contributed by atoms with E-state index in [-0.39, 0.29) is 0 Å². The maximum atomic E-state index is 3.95. The van der Waals surface area contributed by atoms with Gasteiger partial charge >= 0.3 is 0 Å². The lowest BCUT2D eigenvalue weighted by Gasteiger charge is -2.12. The van der Waals surface area contributed by atoms with E-state index in [1.165, 1.54) is 37.7 Å². The van der Waals surface area contributed by atoms with Gasteiger partial charge in [0.2, 0.25) is 0 Å². The lowest BCUT2D eigenvalue weighted by molar-refractivity contribution is 0.432. The minimum atomic E-state index is 0.835. The third-order valence-corrected chi connectivity index (χ3v) is 2.79. The molecule has 2 unspecified atom stereocenters. The van der Waals surface area contributed by atoms with Crippen molar-refractivity contribution < 1.29 is 0 Å². The van der Waals surface area contributed by atoms with Crippen LogP contribution in [0.3, 0.4) is 0 Å². The standard InChI is InChI=1S/C13H26/c1-6-12(4)8-7-9-13(5)10-11(2)3/h12-13H,2,6-10H2,1,3-5H3. The van der Waals surface area contributed by atoms with Gasteiger partial charge in [-0.25, -0.2) is 0 Å². The molecule has 78 valence electrons. The average Bonchev–Trinajstić information content (AvgIpc) is 2.02. The topological polar surface area (TPSA) is 0 Å². The fraction of sp³-hybridized carbons (Fsp3) is 0.846. The van der Waals surface area contributed by atoms with Crippen LogP contribution in [-0.4, -0.2) is 0 Å². The molecule has 0 N–H and O–H groups in total. The molecule has 0 aliphatic carbocycles. The first kappa shape index (κ1) is 12.7. The van der Waals surface area contributed by atoms with Gasteiger partial charge in [0.25, 0.3) is 0 Å². The molecule has 0 saturated carbocycles. The Balaban J connectivity index is 3.36. The van der Waals surface area contributed by atoms with Gasteiger partial charge in [0, 0.05) is 0 Å². The lowest BCUT2D eigenvalue weighted by atomic mass is 9.94. The summed E-state index contributed by atoms with van der Waals surface area (Å²) < 4.78 is 0. The number of allylic oxidation sites excluding steroid dienone is 1. The molecule has 0 fully saturated rings. The number of hydrogen-bond acceptors (Lipinski definition) is 0. The van der Waals surface area contributed by atoms with Gasteiger partial charge in [-0.2, -0.15) is 0 Å². The van der Waals surface area contributed by atoms with Gasteiger partial charge in [-0.05, 0) is 25.2 Å². The van der Waals surface area contributed by atoms with Crippen LogP contribution >= 0.6 is 0 Å². The quantitative estimate of drug-likeness (QED) is 0.496. The summed E-state index contributed by atoms with van der Waals surface area (Å²) in [5.74, 6) is 1.75. The van der Waals surface area contributed by atoms with Crippen molar-refractivity contribution in [1.29, 1.82) is 0 Å². The van der Waals surface area contributed by atoms with Crippen molar-refractivity contribution in [3.63, 3.8) is 0 Å². The highest BCUT2D eigenvalue weighted by atomic mass is 14.1. The molecule has 0 aliphatic heterocycles. The van der Waals surface area contributed by atoms with E-state index >= 15 is 0 Å². The molecule has 0 radical (unpaired) electrons. The van der Waals surface area contributed by atoms with E-state index in [1.54, 1.807) is 0 Å². The highest BCUT2D eigenvalue weighted by molar-refractivity contribution is 4.89. The van der Waals surface area contributed by atoms with E-state index in [0.717, 1.165) is 11.8 Å². The van der Waals surface area contributed by atoms with Crippen molar-refractivity contribution in [3.05, 3.63) is 12.2 Å². The van der Waals surface area contributed by atoms with E-state index < -0.39 is 0 Å². The molecule has 0 heterocycles.